The molecule has 2 N–H and O–H groups in total. The van der Waals surface area contributed by atoms with E-state index in [-0.39, 0.29) is 18.1 Å². The summed E-state index contributed by atoms with van der Waals surface area (Å²) in [5.41, 5.74) is 1.70. The first-order valence-electron chi connectivity index (χ1n) is 6.29. The van der Waals surface area contributed by atoms with Crippen molar-refractivity contribution in [2.24, 2.45) is 5.92 Å². The molecule has 0 aliphatic rings. The third-order valence-electron chi connectivity index (χ3n) is 2.94. The third-order valence-corrected chi connectivity index (χ3v) is 4.22. The van der Waals surface area contributed by atoms with Crippen LogP contribution in [0.3, 0.4) is 0 Å². The first kappa shape index (κ1) is 14.1. The number of aromatic nitrogens is 2. The highest BCUT2D eigenvalue weighted by atomic mass is 32.2. The molecule has 0 spiro atoms. The average molecular weight is 278 g/mol. The van der Waals surface area contributed by atoms with Crippen LogP contribution in [0.2, 0.25) is 0 Å². The Labute approximate surface area is 116 Å². The Kier molecular flexibility index (Phi) is 4.61. The molecule has 0 saturated heterocycles. The van der Waals surface area contributed by atoms with E-state index in [2.05, 4.69) is 9.97 Å². The molecule has 102 valence electrons. The molecule has 1 aromatic heterocycles. The van der Waals surface area contributed by atoms with E-state index in [4.69, 9.17) is 5.11 Å². The van der Waals surface area contributed by atoms with Crippen LogP contribution in [0.25, 0.3) is 10.9 Å². The molecule has 2 aromatic rings. The zero-order valence-electron chi connectivity index (χ0n) is 11.1. The monoisotopic (exact) mass is 278 g/mol. The van der Waals surface area contributed by atoms with Crippen molar-refractivity contribution in [2.75, 3.05) is 12.4 Å². The zero-order chi connectivity index (χ0) is 13.8. The predicted octanol–water partition coefficient (Wildman–Crippen LogP) is 2.09. The molecule has 1 unspecified atom stereocenters. The number of H-pyrrole nitrogens is 1. The summed E-state index contributed by atoms with van der Waals surface area (Å²) in [6.45, 7) is 4.14. The lowest BCUT2D eigenvalue weighted by atomic mass is 10.1. The molecule has 0 saturated carbocycles. The van der Waals surface area contributed by atoms with Gasteiger partial charge in [-0.1, -0.05) is 19.1 Å². The van der Waals surface area contributed by atoms with E-state index in [9.17, 15) is 4.79 Å². The lowest BCUT2D eigenvalue weighted by molar-refractivity contribution is 0.250. The van der Waals surface area contributed by atoms with Crippen molar-refractivity contribution in [2.45, 2.75) is 19.6 Å². The van der Waals surface area contributed by atoms with Gasteiger partial charge in [-0.2, -0.15) is 11.8 Å². The number of hydrogen-bond donors (Lipinski definition) is 2. The van der Waals surface area contributed by atoms with Crippen molar-refractivity contribution in [3.8, 4) is 0 Å². The maximum absolute atomic E-state index is 12.0. The molecular formula is C14H18N2O2S. The minimum Gasteiger partial charge on any atom is -0.396 e. The van der Waals surface area contributed by atoms with Crippen LogP contribution in [0.5, 0.6) is 0 Å². The van der Waals surface area contributed by atoms with Gasteiger partial charge in [0.25, 0.3) is 5.56 Å². The van der Waals surface area contributed by atoms with Crippen molar-refractivity contribution in [1.82, 2.24) is 9.97 Å². The fraction of sp³-hybridized carbons (Fsp3) is 0.429. The van der Waals surface area contributed by atoms with Crippen LogP contribution in [0.1, 0.15) is 18.3 Å². The molecule has 0 bridgehead atoms. The summed E-state index contributed by atoms with van der Waals surface area (Å²) in [5.74, 6) is 2.47. The van der Waals surface area contributed by atoms with Gasteiger partial charge in [0.05, 0.1) is 16.7 Å². The number of benzene rings is 1. The Morgan fingerprint density at radius 3 is 3.00 bits per heavy atom. The van der Waals surface area contributed by atoms with E-state index in [1.807, 2.05) is 26.0 Å². The number of rotatable bonds is 5. The molecular weight excluding hydrogens is 260 g/mol. The molecule has 2 rings (SSSR count). The van der Waals surface area contributed by atoms with E-state index in [0.29, 0.717) is 17.0 Å². The van der Waals surface area contributed by atoms with Gasteiger partial charge < -0.3 is 10.1 Å². The molecule has 4 nitrogen and oxygen atoms in total. The number of aryl methyl sites for hydroxylation is 1. The normalized spacial score (nSPS) is 12.8. The zero-order valence-corrected chi connectivity index (χ0v) is 12.0. The minimum atomic E-state index is -0.0838. The predicted molar refractivity (Wildman–Crippen MR) is 79.5 cm³/mol. The number of thioether (sulfide) groups is 1. The Morgan fingerprint density at radius 2 is 2.26 bits per heavy atom. The van der Waals surface area contributed by atoms with E-state index in [1.54, 1.807) is 17.8 Å². The summed E-state index contributed by atoms with van der Waals surface area (Å²) < 4.78 is 0. The summed E-state index contributed by atoms with van der Waals surface area (Å²) in [7, 11) is 0. The summed E-state index contributed by atoms with van der Waals surface area (Å²) in [6.07, 6.45) is 0. The molecule has 1 aromatic carbocycles. The lowest BCUT2D eigenvalue weighted by Gasteiger charge is -2.07. The second kappa shape index (κ2) is 6.21. The largest absolute Gasteiger partial charge is 0.396 e. The fourth-order valence-corrected chi connectivity index (χ4v) is 2.79. The van der Waals surface area contributed by atoms with E-state index in [1.165, 1.54) is 0 Å². The Bertz CT molecular complexity index is 624. The maximum Gasteiger partial charge on any atom is 0.258 e. The van der Waals surface area contributed by atoms with Crippen LogP contribution in [-0.4, -0.2) is 27.4 Å². The summed E-state index contributed by atoms with van der Waals surface area (Å²) in [5, 5.41) is 9.60. The number of para-hydroxylation sites is 1. The highest BCUT2D eigenvalue weighted by molar-refractivity contribution is 7.98. The molecule has 0 amide bonds. The van der Waals surface area contributed by atoms with Gasteiger partial charge in [0.2, 0.25) is 0 Å². The Balaban J connectivity index is 2.21. The first-order valence-corrected chi connectivity index (χ1v) is 7.44. The number of nitrogens with zero attached hydrogens (tertiary/aromatic N) is 1. The average Bonchev–Trinajstić information content (AvgIpc) is 2.40. The van der Waals surface area contributed by atoms with Crippen molar-refractivity contribution in [3.63, 3.8) is 0 Å². The van der Waals surface area contributed by atoms with E-state index >= 15 is 0 Å². The van der Waals surface area contributed by atoms with Gasteiger partial charge >= 0.3 is 0 Å². The second-order valence-electron chi connectivity index (χ2n) is 4.79. The topological polar surface area (TPSA) is 66.0 Å². The van der Waals surface area contributed by atoms with Crippen molar-refractivity contribution in [3.05, 3.63) is 39.9 Å². The van der Waals surface area contributed by atoms with Crippen LogP contribution in [-0.2, 0) is 5.75 Å². The summed E-state index contributed by atoms with van der Waals surface area (Å²) in [6, 6.07) is 5.62. The van der Waals surface area contributed by atoms with Gasteiger partial charge in [0.15, 0.2) is 0 Å². The molecule has 1 atom stereocenters. The van der Waals surface area contributed by atoms with Crippen LogP contribution < -0.4 is 5.56 Å². The first-order chi connectivity index (χ1) is 9.11. The molecule has 5 heteroatoms. The highest BCUT2D eigenvalue weighted by Gasteiger charge is 2.07. The van der Waals surface area contributed by atoms with Crippen LogP contribution in [0.15, 0.2) is 23.0 Å². The fourth-order valence-electron chi connectivity index (χ4n) is 1.83. The summed E-state index contributed by atoms with van der Waals surface area (Å²) in [4.78, 5) is 19.3. The smallest absolute Gasteiger partial charge is 0.258 e. The number of nitrogens with one attached hydrogen (secondary N) is 1. The standard InChI is InChI=1S/C14H18N2O2S/c1-9(6-17)7-19-8-12-15-13-10(2)4-3-5-11(13)14(18)16-12/h3-5,9,17H,6-8H2,1-2H3,(H,15,16,18). The van der Waals surface area contributed by atoms with Crippen molar-refractivity contribution in [1.29, 1.82) is 0 Å². The molecule has 0 fully saturated rings. The van der Waals surface area contributed by atoms with Crippen molar-refractivity contribution >= 4 is 22.7 Å². The summed E-state index contributed by atoms with van der Waals surface area (Å²) >= 11 is 1.67. The molecule has 19 heavy (non-hydrogen) atoms. The number of fused-ring (bicyclic) bond motifs is 1. The van der Waals surface area contributed by atoms with Gasteiger partial charge in [0.1, 0.15) is 5.82 Å². The molecule has 0 aliphatic carbocycles. The van der Waals surface area contributed by atoms with Crippen molar-refractivity contribution < 1.29 is 5.11 Å². The second-order valence-corrected chi connectivity index (χ2v) is 5.82. The van der Waals surface area contributed by atoms with Gasteiger partial charge in [0, 0.05) is 6.61 Å². The molecule has 1 heterocycles. The van der Waals surface area contributed by atoms with Gasteiger partial charge in [-0.3, -0.25) is 4.79 Å². The third kappa shape index (κ3) is 3.36. The number of aliphatic hydroxyl groups excluding tert-OH is 1. The lowest BCUT2D eigenvalue weighted by Crippen LogP contribution is -2.12. The Hall–Kier alpha value is -1.33. The van der Waals surface area contributed by atoms with Crippen LogP contribution >= 0.6 is 11.8 Å². The molecule has 0 radical (unpaired) electrons. The minimum absolute atomic E-state index is 0.0838. The number of aromatic amines is 1. The van der Waals surface area contributed by atoms with Gasteiger partial charge in [-0.05, 0) is 30.2 Å². The van der Waals surface area contributed by atoms with E-state index < -0.39 is 0 Å². The number of aliphatic hydroxyl groups is 1. The van der Waals surface area contributed by atoms with Crippen LogP contribution in [0, 0.1) is 12.8 Å². The Morgan fingerprint density at radius 1 is 1.47 bits per heavy atom. The van der Waals surface area contributed by atoms with E-state index in [0.717, 1.165) is 16.8 Å². The molecule has 0 aliphatic heterocycles. The van der Waals surface area contributed by atoms with Crippen LogP contribution in [0.4, 0.5) is 0 Å². The SMILES string of the molecule is Cc1cccc2c(=O)[nH]c(CSCC(C)CO)nc12. The number of hydrogen-bond acceptors (Lipinski definition) is 4. The van der Waals surface area contributed by atoms with Gasteiger partial charge in [-0.25, -0.2) is 4.98 Å². The quantitative estimate of drug-likeness (QED) is 0.879. The highest BCUT2D eigenvalue weighted by Crippen LogP contribution is 2.16. The maximum atomic E-state index is 12.0. The van der Waals surface area contributed by atoms with Gasteiger partial charge in [-0.15, -0.1) is 0 Å².